The summed E-state index contributed by atoms with van der Waals surface area (Å²) in [6.07, 6.45) is 13.6. The van der Waals surface area contributed by atoms with E-state index in [1.54, 1.807) is 6.08 Å². The van der Waals surface area contributed by atoms with Crippen molar-refractivity contribution in [3.8, 4) is 33.4 Å². The van der Waals surface area contributed by atoms with Gasteiger partial charge in [-0.15, -0.1) is 0 Å². The van der Waals surface area contributed by atoms with Crippen molar-refractivity contribution in [3.05, 3.63) is 279 Å². The number of allylic oxidation sites excluding steroid dienone is 7. The summed E-state index contributed by atoms with van der Waals surface area (Å²) < 4.78 is 0. The van der Waals surface area contributed by atoms with Crippen molar-refractivity contribution in [3.63, 3.8) is 0 Å². The Morgan fingerprint density at radius 3 is 1.19 bits per heavy atom. The van der Waals surface area contributed by atoms with E-state index in [4.69, 9.17) is 0 Å². The summed E-state index contributed by atoms with van der Waals surface area (Å²) in [5.74, 6) is 0.393. The minimum Gasteiger partial charge on any atom is -0.311 e. The highest BCUT2D eigenvalue weighted by Gasteiger charge is 2.18. The fourth-order valence-corrected chi connectivity index (χ4v) is 8.30. The van der Waals surface area contributed by atoms with Gasteiger partial charge in [0.05, 0.1) is 0 Å². The maximum Gasteiger partial charge on any atom is 0.0462 e. The second-order valence-corrected chi connectivity index (χ2v) is 15.4. The highest BCUT2D eigenvalue weighted by molar-refractivity contribution is 5.82. The SMILES string of the molecule is C=C/C=C(\C=C)c1ccc(N(c2ccccc2)c2ccc(-c3ccc(-c4ccc(-c5ccc(N(C6=CCC(c7ccccc7)C=C6)c6ccccc6)cc5)cc4)cc3)cc2)cc1. The zero-order chi connectivity index (χ0) is 42.1. The molecule has 1 unspecified atom stereocenters. The lowest BCUT2D eigenvalue weighted by molar-refractivity contribution is 0.840. The van der Waals surface area contributed by atoms with Crippen LogP contribution in [0.1, 0.15) is 23.5 Å². The summed E-state index contributed by atoms with van der Waals surface area (Å²) in [6, 6.07) is 76.0. The predicted molar refractivity (Wildman–Crippen MR) is 265 cm³/mol. The molecular formula is C60H48N2. The van der Waals surface area contributed by atoms with E-state index in [1.165, 1.54) is 44.6 Å². The summed E-state index contributed by atoms with van der Waals surface area (Å²) >= 11 is 0. The Balaban J connectivity index is 0.895. The molecule has 1 aliphatic rings. The summed E-state index contributed by atoms with van der Waals surface area (Å²) in [5.41, 5.74) is 17.4. The molecular weight excluding hydrogens is 749 g/mol. The molecule has 0 aromatic heterocycles. The summed E-state index contributed by atoms with van der Waals surface area (Å²) in [4.78, 5) is 4.64. The Labute approximate surface area is 366 Å². The largest absolute Gasteiger partial charge is 0.311 e. The van der Waals surface area contributed by atoms with Crippen LogP contribution in [0.4, 0.5) is 28.4 Å². The van der Waals surface area contributed by atoms with Crippen molar-refractivity contribution < 1.29 is 0 Å². The van der Waals surface area contributed by atoms with E-state index in [9.17, 15) is 0 Å². The summed E-state index contributed by atoms with van der Waals surface area (Å²) in [7, 11) is 0. The Bertz CT molecular complexity index is 2830. The first-order chi connectivity index (χ1) is 30.6. The Hall–Kier alpha value is -7.94. The van der Waals surface area contributed by atoms with E-state index in [-0.39, 0.29) is 0 Å². The van der Waals surface area contributed by atoms with Crippen LogP contribution in [-0.4, -0.2) is 0 Å². The molecule has 1 atom stereocenters. The molecule has 2 heteroatoms. The maximum atomic E-state index is 3.98. The van der Waals surface area contributed by atoms with Crippen LogP contribution >= 0.6 is 0 Å². The number of anilines is 5. The van der Waals surface area contributed by atoms with Gasteiger partial charge in [0.2, 0.25) is 0 Å². The van der Waals surface area contributed by atoms with Gasteiger partial charge in [-0.3, -0.25) is 0 Å². The molecule has 0 fully saturated rings. The zero-order valence-electron chi connectivity index (χ0n) is 34.8. The van der Waals surface area contributed by atoms with Crippen molar-refractivity contribution in [1.29, 1.82) is 0 Å². The third-order valence-corrected chi connectivity index (χ3v) is 11.6. The highest BCUT2D eigenvalue weighted by atomic mass is 15.1. The van der Waals surface area contributed by atoms with Crippen molar-refractivity contribution in [2.24, 2.45) is 0 Å². The first-order valence-electron chi connectivity index (χ1n) is 21.3. The Morgan fingerprint density at radius 1 is 0.419 bits per heavy atom. The van der Waals surface area contributed by atoms with E-state index < -0.39 is 0 Å². The third kappa shape index (κ3) is 8.68. The van der Waals surface area contributed by atoms with Gasteiger partial charge in [0.15, 0.2) is 0 Å². The van der Waals surface area contributed by atoms with Gasteiger partial charge in [0.1, 0.15) is 0 Å². The average molecular weight is 797 g/mol. The molecule has 0 heterocycles. The van der Waals surface area contributed by atoms with Gasteiger partial charge in [0.25, 0.3) is 0 Å². The van der Waals surface area contributed by atoms with Gasteiger partial charge in [-0.05, 0) is 123 Å². The molecule has 298 valence electrons. The molecule has 62 heavy (non-hydrogen) atoms. The second kappa shape index (κ2) is 18.5. The van der Waals surface area contributed by atoms with E-state index in [2.05, 4.69) is 254 Å². The van der Waals surface area contributed by atoms with Crippen molar-refractivity contribution in [1.82, 2.24) is 0 Å². The van der Waals surface area contributed by atoms with Gasteiger partial charge in [-0.2, -0.15) is 0 Å². The van der Waals surface area contributed by atoms with Crippen LogP contribution < -0.4 is 9.80 Å². The monoisotopic (exact) mass is 796 g/mol. The quantitative estimate of drug-likeness (QED) is 0.107. The van der Waals surface area contributed by atoms with Gasteiger partial charge < -0.3 is 9.80 Å². The van der Waals surface area contributed by atoms with Crippen LogP contribution in [0.5, 0.6) is 0 Å². The first-order valence-corrected chi connectivity index (χ1v) is 21.3. The topological polar surface area (TPSA) is 6.48 Å². The molecule has 0 saturated heterocycles. The molecule has 0 spiro atoms. The van der Waals surface area contributed by atoms with Crippen LogP contribution in [0.2, 0.25) is 0 Å². The molecule has 0 amide bonds. The maximum absolute atomic E-state index is 3.98. The molecule has 0 bridgehead atoms. The van der Waals surface area contributed by atoms with E-state index in [1.807, 2.05) is 12.2 Å². The Morgan fingerprint density at radius 2 is 0.790 bits per heavy atom. The second-order valence-electron chi connectivity index (χ2n) is 15.4. The molecule has 8 aromatic rings. The van der Waals surface area contributed by atoms with Crippen molar-refractivity contribution in [2.45, 2.75) is 12.3 Å². The molecule has 0 aliphatic heterocycles. The van der Waals surface area contributed by atoms with Gasteiger partial charge in [-0.25, -0.2) is 0 Å². The smallest absolute Gasteiger partial charge is 0.0462 e. The number of benzene rings is 8. The van der Waals surface area contributed by atoms with Gasteiger partial charge in [0, 0.05) is 40.1 Å². The molecule has 0 saturated carbocycles. The molecule has 9 rings (SSSR count). The van der Waals surface area contributed by atoms with Crippen LogP contribution in [-0.2, 0) is 0 Å². The molecule has 0 radical (unpaired) electrons. The summed E-state index contributed by atoms with van der Waals surface area (Å²) in [5, 5.41) is 0. The molecule has 2 nitrogen and oxygen atoms in total. The third-order valence-electron chi connectivity index (χ3n) is 11.6. The number of rotatable bonds is 13. The fraction of sp³-hybridized carbons (Fsp3) is 0.0333. The van der Waals surface area contributed by atoms with Crippen molar-refractivity contribution in [2.75, 3.05) is 9.80 Å². The van der Waals surface area contributed by atoms with E-state index in [0.717, 1.165) is 46.0 Å². The molecule has 0 N–H and O–H groups in total. The fourth-order valence-electron chi connectivity index (χ4n) is 8.30. The van der Waals surface area contributed by atoms with Crippen LogP contribution in [0.15, 0.2) is 268 Å². The highest BCUT2D eigenvalue weighted by Crippen LogP contribution is 2.38. The van der Waals surface area contributed by atoms with Crippen molar-refractivity contribution >= 4 is 34.0 Å². The average Bonchev–Trinajstić information content (AvgIpc) is 3.35. The van der Waals surface area contributed by atoms with E-state index >= 15 is 0 Å². The number of hydrogen-bond acceptors (Lipinski definition) is 2. The van der Waals surface area contributed by atoms with Gasteiger partial charge >= 0.3 is 0 Å². The zero-order valence-corrected chi connectivity index (χ0v) is 34.8. The minimum atomic E-state index is 0.393. The Kier molecular flexibility index (Phi) is 11.8. The summed E-state index contributed by atoms with van der Waals surface area (Å²) in [6.45, 7) is 7.83. The standard InChI is InChI=1S/C60H48N2/c1-3-14-45(4-2)47-29-37-57(38-30-47)61(55-17-10-6-11-18-55)59-41-33-53(34-42-59)50-25-21-48(22-26-50)49-23-27-51(28-24-49)54-35-43-60(44-36-54)62(56-19-12-7-13-20-56)58-39-31-52(32-40-58)46-15-8-5-9-16-46/h3-31,33-44,52H,1-2,32H2/b45-14+. The van der Waals surface area contributed by atoms with Crippen LogP contribution in [0.25, 0.3) is 39.0 Å². The first kappa shape index (κ1) is 39.5. The molecule has 8 aromatic carbocycles. The van der Waals surface area contributed by atoms with E-state index in [0.29, 0.717) is 5.92 Å². The van der Waals surface area contributed by atoms with Crippen LogP contribution in [0, 0.1) is 0 Å². The number of hydrogen-bond donors (Lipinski definition) is 0. The lowest BCUT2D eigenvalue weighted by Gasteiger charge is -2.29. The predicted octanol–water partition coefficient (Wildman–Crippen LogP) is 16.7. The van der Waals surface area contributed by atoms with Crippen LogP contribution in [0.3, 0.4) is 0 Å². The van der Waals surface area contributed by atoms with Gasteiger partial charge in [-0.1, -0.05) is 195 Å². The lowest BCUT2D eigenvalue weighted by atomic mass is 9.91. The number of para-hydroxylation sites is 2. The minimum absolute atomic E-state index is 0.393. The number of nitrogens with zero attached hydrogens (tertiary/aromatic N) is 2. The lowest BCUT2D eigenvalue weighted by Crippen LogP contribution is -2.17. The molecule has 1 aliphatic carbocycles. The normalized spacial score (nSPS) is 13.5.